The Morgan fingerprint density at radius 1 is 1.04 bits per heavy atom. The van der Waals surface area contributed by atoms with Crippen LogP contribution in [-0.4, -0.2) is 31.1 Å². The van der Waals surface area contributed by atoms with E-state index in [2.05, 4.69) is 6.92 Å². The van der Waals surface area contributed by atoms with Gasteiger partial charge in [-0.2, -0.15) is 10.5 Å². The lowest BCUT2D eigenvalue weighted by molar-refractivity contribution is -0.144. The van der Waals surface area contributed by atoms with Gasteiger partial charge in [-0.05, 0) is 24.8 Å². The van der Waals surface area contributed by atoms with Crippen molar-refractivity contribution in [2.75, 3.05) is 20.2 Å². The van der Waals surface area contributed by atoms with Gasteiger partial charge in [0, 0.05) is 13.5 Å². The number of carbonyl (C=O) groups excluding carboxylic acids is 1. The van der Waals surface area contributed by atoms with Crippen molar-refractivity contribution >= 4 is 5.97 Å². The monoisotopic (exact) mass is 345 g/mol. The molecule has 0 saturated carbocycles. The van der Waals surface area contributed by atoms with Crippen molar-refractivity contribution in [3.63, 3.8) is 0 Å². The van der Waals surface area contributed by atoms with Crippen LogP contribution in [0.5, 0.6) is 0 Å². The van der Waals surface area contributed by atoms with Gasteiger partial charge in [-0.1, -0.05) is 51.9 Å². The summed E-state index contributed by atoms with van der Waals surface area (Å²) in [6, 6.07) is 3.57. The quantitative estimate of drug-likeness (QED) is 0.201. The molecule has 0 bridgehead atoms. The van der Waals surface area contributed by atoms with Crippen LogP contribution in [0.3, 0.4) is 0 Å². The molecule has 0 N–H and O–H groups in total. The highest BCUT2D eigenvalue weighted by Crippen LogP contribution is 2.09. The van der Waals surface area contributed by atoms with Gasteiger partial charge in [0.05, 0.1) is 6.54 Å². The zero-order chi connectivity index (χ0) is 18.8. The van der Waals surface area contributed by atoms with Gasteiger partial charge in [0.15, 0.2) is 0 Å². The lowest BCUT2D eigenvalue weighted by Crippen LogP contribution is -2.19. The zero-order valence-corrected chi connectivity index (χ0v) is 15.7. The van der Waals surface area contributed by atoms with Crippen LogP contribution < -0.4 is 0 Å². The molecule has 0 saturated heterocycles. The lowest BCUT2D eigenvalue weighted by atomic mass is 10.1. The number of hydrogen-bond donors (Lipinski definition) is 0. The number of likely N-dealkylation sites (N-methyl/N-ethyl adjacent to an activating group) is 1. The van der Waals surface area contributed by atoms with Gasteiger partial charge in [0.25, 0.3) is 0 Å². The van der Waals surface area contributed by atoms with Gasteiger partial charge in [-0.15, -0.1) is 0 Å². The SMILES string of the molecule is CCCCCCCCCCC(=O)OCCN(C)C=CC=C(C#N)C#N. The third kappa shape index (κ3) is 15.0. The number of rotatable bonds is 14. The number of nitriles is 2. The number of nitrogens with zero attached hydrogens (tertiary/aromatic N) is 3. The Kier molecular flexibility index (Phi) is 15.1. The molecule has 0 aliphatic rings. The summed E-state index contributed by atoms with van der Waals surface area (Å²) in [6.07, 6.45) is 15.0. The first-order valence-electron chi connectivity index (χ1n) is 9.18. The molecule has 5 heteroatoms. The van der Waals surface area contributed by atoms with Crippen molar-refractivity contribution in [2.45, 2.75) is 64.7 Å². The van der Waals surface area contributed by atoms with E-state index in [0.29, 0.717) is 19.6 Å². The van der Waals surface area contributed by atoms with E-state index in [-0.39, 0.29) is 11.5 Å². The molecule has 0 heterocycles. The Hall–Kier alpha value is -2.27. The van der Waals surface area contributed by atoms with E-state index in [9.17, 15) is 4.79 Å². The summed E-state index contributed by atoms with van der Waals surface area (Å²) in [6.45, 7) is 3.13. The van der Waals surface area contributed by atoms with Crippen LogP contribution in [-0.2, 0) is 9.53 Å². The van der Waals surface area contributed by atoms with Crippen molar-refractivity contribution in [1.29, 1.82) is 10.5 Å². The molecule has 0 aliphatic heterocycles. The summed E-state index contributed by atoms with van der Waals surface area (Å²) in [5.41, 5.74) is 0.0569. The number of allylic oxidation sites excluding steroid dienone is 3. The molecule has 0 amide bonds. The van der Waals surface area contributed by atoms with Crippen LogP contribution in [0.15, 0.2) is 23.9 Å². The van der Waals surface area contributed by atoms with Crippen molar-refractivity contribution in [3.05, 3.63) is 23.9 Å². The van der Waals surface area contributed by atoms with Gasteiger partial charge in [-0.3, -0.25) is 4.79 Å². The molecule has 0 atom stereocenters. The molecule has 25 heavy (non-hydrogen) atoms. The molecule has 0 radical (unpaired) electrons. The lowest BCUT2D eigenvalue weighted by Gasteiger charge is -2.13. The molecular weight excluding hydrogens is 314 g/mol. The summed E-state index contributed by atoms with van der Waals surface area (Å²) < 4.78 is 5.21. The number of carbonyl (C=O) groups is 1. The van der Waals surface area contributed by atoms with Crippen LogP contribution >= 0.6 is 0 Å². The van der Waals surface area contributed by atoms with Crippen molar-refractivity contribution in [1.82, 2.24) is 4.90 Å². The van der Waals surface area contributed by atoms with Gasteiger partial charge in [0.1, 0.15) is 24.3 Å². The molecule has 0 unspecified atom stereocenters. The number of ether oxygens (including phenoxy) is 1. The molecule has 5 nitrogen and oxygen atoms in total. The second-order valence-electron chi connectivity index (χ2n) is 6.07. The topological polar surface area (TPSA) is 77.1 Å². The number of esters is 1. The smallest absolute Gasteiger partial charge is 0.305 e. The van der Waals surface area contributed by atoms with Gasteiger partial charge < -0.3 is 9.64 Å². The van der Waals surface area contributed by atoms with E-state index in [4.69, 9.17) is 15.3 Å². The van der Waals surface area contributed by atoms with Gasteiger partial charge >= 0.3 is 5.97 Å². The van der Waals surface area contributed by atoms with E-state index in [1.807, 2.05) is 11.9 Å². The number of hydrogen-bond acceptors (Lipinski definition) is 5. The third-order valence-electron chi connectivity index (χ3n) is 3.79. The Labute approximate surface area is 152 Å². The summed E-state index contributed by atoms with van der Waals surface area (Å²) in [5, 5.41) is 17.2. The molecule has 0 aromatic carbocycles. The molecule has 0 aromatic heterocycles. The summed E-state index contributed by atoms with van der Waals surface area (Å²) >= 11 is 0. The van der Waals surface area contributed by atoms with E-state index in [1.165, 1.54) is 44.6 Å². The first-order chi connectivity index (χ1) is 12.1. The fraction of sp³-hybridized carbons (Fsp3) is 0.650. The standard InChI is InChI=1S/C20H31N3O2/c1-3-4-5-6-7-8-9-10-13-20(24)25-16-15-23(2)14-11-12-19(17-21)18-22/h11-12,14H,3-10,13,15-16H2,1-2H3. The average molecular weight is 345 g/mol. The Morgan fingerprint density at radius 3 is 2.24 bits per heavy atom. The predicted octanol–water partition coefficient (Wildman–Crippen LogP) is 4.48. The first-order valence-corrected chi connectivity index (χ1v) is 9.18. The zero-order valence-electron chi connectivity index (χ0n) is 15.7. The minimum absolute atomic E-state index is 0.0569. The van der Waals surface area contributed by atoms with Crippen LogP contribution in [0.1, 0.15) is 64.7 Å². The third-order valence-corrected chi connectivity index (χ3v) is 3.79. The van der Waals surface area contributed by atoms with Crippen LogP contribution in [0, 0.1) is 22.7 Å². The molecule has 138 valence electrons. The maximum Gasteiger partial charge on any atom is 0.305 e. The first kappa shape index (κ1) is 22.7. The van der Waals surface area contributed by atoms with Gasteiger partial charge in [-0.25, -0.2) is 0 Å². The highest BCUT2D eigenvalue weighted by Gasteiger charge is 2.03. The molecule has 0 aromatic rings. The Bertz CT molecular complexity index is 482. The average Bonchev–Trinajstić information content (AvgIpc) is 2.61. The van der Waals surface area contributed by atoms with E-state index in [0.717, 1.165) is 12.8 Å². The minimum atomic E-state index is -0.139. The van der Waals surface area contributed by atoms with Crippen molar-refractivity contribution in [3.8, 4) is 12.1 Å². The largest absolute Gasteiger partial charge is 0.464 e. The summed E-state index contributed by atoms with van der Waals surface area (Å²) in [4.78, 5) is 13.5. The van der Waals surface area contributed by atoms with E-state index < -0.39 is 0 Å². The maximum absolute atomic E-state index is 11.6. The fourth-order valence-corrected chi connectivity index (χ4v) is 2.24. The second-order valence-corrected chi connectivity index (χ2v) is 6.07. The van der Waals surface area contributed by atoms with Gasteiger partial charge in [0.2, 0.25) is 0 Å². The van der Waals surface area contributed by atoms with Crippen LogP contribution in [0.25, 0.3) is 0 Å². The normalized spacial score (nSPS) is 10.1. The van der Waals surface area contributed by atoms with E-state index >= 15 is 0 Å². The fourth-order valence-electron chi connectivity index (χ4n) is 2.24. The second kappa shape index (κ2) is 16.6. The maximum atomic E-state index is 11.6. The predicted molar refractivity (Wildman–Crippen MR) is 99.3 cm³/mol. The van der Waals surface area contributed by atoms with E-state index in [1.54, 1.807) is 24.4 Å². The number of unbranched alkanes of at least 4 members (excludes halogenated alkanes) is 7. The highest BCUT2D eigenvalue weighted by molar-refractivity contribution is 5.69. The summed E-state index contributed by atoms with van der Waals surface area (Å²) in [7, 11) is 1.84. The van der Waals surface area contributed by atoms with Crippen molar-refractivity contribution in [2.24, 2.45) is 0 Å². The molecule has 0 rings (SSSR count). The van der Waals surface area contributed by atoms with Crippen molar-refractivity contribution < 1.29 is 9.53 Å². The minimum Gasteiger partial charge on any atom is -0.464 e. The Morgan fingerprint density at radius 2 is 1.64 bits per heavy atom. The van der Waals surface area contributed by atoms with Crippen LogP contribution in [0.4, 0.5) is 0 Å². The van der Waals surface area contributed by atoms with Crippen LogP contribution in [0.2, 0.25) is 0 Å². The molecule has 0 aliphatic carbocycles. The highest BCUT2D eigenvalue weighted by atomic mass is 16.5. The molecule has 0 spiro atoms. The summed E-state index contributed by atoms with van der Waals surface area (Å²) in [5.74, 6) is -0.139. The molecular formula is C20H31N3O2. The Balaban J connectivity index is 3.63. The molecule has 0 fully saturated rings.